The monoisotopic (exact) mass is 216 g/mol. The average Bonchev–Trinajstić information content (AvgIpc) is 2.19. The normalized spacial score (nSPS) is 10.2. The Hall–Kier alpha value is -1.10. The van der Waals surface area contributed by atoms with Gasteiger partial charge >= 0.3 is 5.97 Å². The number of carbonyl (C=O) groups excluding carboxylic acids is 2. The first-order chi connectivity index (χ1) is 7.04. The van der Waals surface area contributed by atoms with Gasteiger partial charge < -0.3 is 9.64 Å². The molecule has 0 atom stereocenters. The number of hydrogen-bond donors (Lipinski definition) is 0. The molecule has 0 spiro atoms. The molecule has 5 nitrogen and oxygen atoms in total. The zero-order chi connectivity index (χ0) is 11.8. The van der Waals surface area contributed by atoms with Gasteiger partial charge in [-0.15, -0.1) is 0 Å². The average molecular weight is 216 g/mol. The number of likely N-dealkylation sites (N-methyl/N-ethyl adjacent to an activating group) is 2. The lowest BCUT2D eigenvalue weighted by molar-refractivity contribution is -0.142. The molecule has 0 saturated carbocycles. The summed E-state index contributed by atoms with van der Waals surface area (Å²) in [5, 5.41) is 0. The molecule has 15 heavy (non-hydrogen) atoms. The SMILES string of the molecule is CCN(CC)C(=O)CN(C)CC(=O)OC. The zero-order valence-electron chi connectivity index (χ0n) is 9.95. The number of hydrogen-bond acceptors (Lipinski definition) is 4. The number of carbonyl (C=O) groups is 2. The third-order valence-electron chi connectivity index (χ3n) is 2.15. The van der Waals surface area contributed by atoms with E-state index in [1.165, 1.54) is 7.11 Å². The number of amides is 1. The number of nitrogens with zero attached hydrogens (tertiary/aromatic N) is 2. The molecule has 0 rings (SSSR count). The number of rotatable bonds is 6. The van der Waals surface area contributed by atoms with E-state index in [4.69, 9.17) is 0 Å². The molecule has 0 saturated heterocycles. The van der Waals surface area contributed by atoms with Crippen LogP contribution in [0.4, 0.5) is 0 Å². The van der Waals surface area contributed by atoms with Gasteiger partial charge in [-0.05, 0) is 20.9 Å². The van der Waals surface area contributed by atoms with Crippen LogP contribution in [-0.4, -0.2) is 62.0 Å². The Labute approximate surface area is 91.0 Å². The van der Waals surface area contributed by atoms with Crippen molar-refractivity contribution in [3.05, 3.63) is 0 Å². The fraction of sp³-hybridized carbons (Fsp3) is 0.800. The highest BCUT2D eigenvalue weighted by Gasteiger charge is 2.14. The summed E-state index contributed by atoms with van der Waals surface area (Å²) < 4.78 is 4.51. The van der Waals surface area contributed by atoms with Gasteiger partial charge in [0.05, 0.1) is 20.2 Å². The lowest BCUT2D eigenvalue weighted by Gasteiger charge is -2.22. The van der Waals surface area contributed by atoms with Crippen LogP contribution in [0.1, 0.15) is 13.8 Å². The van der Waals surface area contributed by atoms with Crippen LogP contribution in [0.2, 0.25) is 0 Å². The van der Waals surface area contributed by atoms with Gasteiger partial charge in [0.25, 0.3) is 0 Å². The summed E-state index contributed by atoms with van der Waals surface area (Å²) in [6, 6.07) is 0. The Bertz CT molecular complexity index is 215. The summed E-state index contributed by atoms with van der Waals surface area (Å²) in [7, 11) is 3.06. The number of ether oxygens (including phenoxy) is 1. The van der Waals surface area contributed by atoms with Gasteiger partial charge in [-0.1, -0.05) is 0 Å². The van der Waals surface area contributed by atoms with Crippen LogP contribution < -0.4 is 0 Å². The second kappa shape index (κ2) is 7.23. The van der Waals surface area contributed by atoms with Crippen molar-refractivity contribution >= 4 is 11.9 Å². The van der Waals surface area contributed by atoms with Gasteiger partial charge in [0, 0.05) is 13.1 Å². The molecule has 0 aromatic carbocycles. The van der Waals surface area contributed by atoms with E-state index < -0.39 is 0 Å². The predicted molar refractivity (Wildman–Crippen MR) is 57.4 cm³/mol. The van der Waals surface area contributed by atoms with E-state index in [-0.39, 0.29) is 25.0 Å². The Kier molecular flexibility index (Phi) is 6.70. The van der Waals surface area contributed by atoms with Crippen LogP contribution in [0.3, 0.4) is 0 Å². The maximum absolute atomic E-state index is 11.6. The van der Waals surface area contributed by atoms with E-state index in [9.17, 15) is 9.59 Å². The molecule has 0 fully saturated rings. The van der Waals surface area contributed by atoms with Crippen LogP contribution >= 0.6 is 0 Å². The molecule has 0 bridgehead atoms. The van der Waals surface area contributed by atoms with E-state index >= 15 is 0 Å². The summed E-state index contributed by atoms with van der Waals surface area (Å²) >= 11 is 0. The summed E-state index contributed by atoms with van der Waals surface area (Å²) in [5.74, 6) is -0.295. The second-order valence-electron chi connectivity index (χ2n) is 3.31. The largest absolute Gasteiger partial charge is 0.468 e. The first-order valence-electron chi connectivity index (χ1n) is 5.08. The second-order valence-corrected chi connectivity index (χ2v) is 3.31. The van der Waals surface area contributed by atoms with Crippen LogP contribution in [0.5, 0.6) is 0 Å². The number of methoxy groups -OCH3 is 1. The highest BCUT2D eigenvalue weighted by atomic mass is 16.5. The number of esters is 1. The summed E-state index contributed by atoms with van der Waals surface area (Å²) in [6.45, 7) is 5.65. The molecule has 0 aliphatic heterocycles. The van der Waals surface area contributed by atoms with E-state index in [0.29, 0.717) is 13.1 Å². The highest BCUT2D eigenvalue weighted by Crippen LogP contribution is 1.92. The first kappa shape index (κ1) is 13.9. The smallest absolute Gasteiger partial charge is 0.319 e. The fourth-order valence-corrected chi connectivity index (χ4v) is 1.25. The molecule has 0 unspecified atom stereocenters. The third kappa shape index (κ3) is 5.37. The fourth-order valence-electron chi connectivity index (χ4n) is 1.25. The molecular weight excluding hydrogens is 196 g/mol. The molecule has 0 heterocycles. The van der Waals surface area contributed by atoms with E-state index in [1.807, 2.05) is 13.8 Å². The van der Waals surface area contributed by atoms with Gasteiger partial charge in [0.15, 0.2) is 0 Å². The molecule has 0 aromatic rings. The Morgan fingerprint density at radius 2 is 1.67 bits per heavy atom. The molecule has 5 heteroatoms. The molecule has 1 amide bonds. The molecular formula is C10H20N2O3. The first-order valence-corrected chi connectivity index (χ1v) is 5.08. The lowest BCUT2D eigenvalue weighted by atomic mass is 10.4. The summed E-state index contributed by atoms with van der Waals surface area (Å²) in [6.07, 6.45) is 0. The van der Waals surface area contributed by atoms with Crippen molar-refractivity contribution in [2.45, 2.75) is 13.8 Å². The van der Waals surface area contributed by atoms with Crippen molar-refractivity contribution in [1.29, 1.82) is 0 Å². The van der Waals surface area contributed by atoms with Crippen molar-refractivity contribution in [2.24, 2.45) is 0 Å². The molecule has 0 aliphatic carbocycles. The van der Waals surface area contributed by atoms with Crippen molar-refractivity contribution < 1.29 is 14.3 Å². The van der Waals surface area contributed by atoms with Crippen LogP contribution in [-0.2, 0) is 14.3 Å². The minimum absolute atomic E-state index is 0.0337. The Morgan fingerprint density at radius 3 is 2.07 bits per heavy atom. The topological polar surface area (TPSA) is 49.9 Å². The maximum atomic E-state index is 11.6. The van der Waals surface area contributed by atoms with Gasteiger partial charge in [0.1, 0.15) is 0 Å². The van der Waals surface area contributed by atoms with Gasteiger partial charge in [0.2, 0.25) is 5.91 Å². The predicted octanol–water partition coefficient (Wildman–Crippen LogP) is -0.0404. The molecule has 0 radical (unpaired) electrons. The molecule has 0 N–H and O–H groups in total. The van der Waals surface area contributed by atoms with Crippen molar-refractivity contribution in [1.82, 2.24) is 9.80 Å². The summed E-state index contributed by atoms with van der Waals surface area (Å²) in [4.78, 5) is 25.9. The Morgan fingerprint density at radius 1 is 1.13 bits per heavy atom. The maximum Gasteiger partial charge on any atom is 0.319 e. The van der Waals surface area contributed by atoms with Crippen LogP contribution in [0.15, 0.2) is 0 Å². The molecule has 88 valence electrons. The minimum Gasteiger partial charge on any atom is -0.468 e. The standard InChI is InChI=1S/C10H20N2O3/c1-5-12(6-2)9(13)7-11(3)8-10(14)15-4/h5-8H2,1-4H3. The molecule has 0 aromatic heterocycles. The quantitative estimate of drug-likeness (QED) is 0.585. The van der Waals surface area contributed by atoms with Crippen molar-refractivity contribution in [3.63, 3.8) is 0 Å². The highest BCUT2D eigenvalue weighted by molar-refractivity contribution is 5.79. The van der Waals surface area contributed by atoms with Crippen molar-refractivity contribution in [3.8, 4) is 0 Å². The van der Waals surface area contributed by atoms with Crippen LogP contribution in [0.25, 0.3) is 0 Å². The minimum atomic E-state index is -0.329. The lowest BCUT2D eigenvalue weighted by Crippen LogP contribution is -2.40. The van der Waals surface area contributed by atoms with E-state index in [0.717, 1.165) is 0 Å². The molecule has 0 aliphatic rings. The third-order valence-corrected chi connectivity index (χ3v) is 2.15. The van der Waals surface area contributed by atoms with Gasteiger partial charge in [-0.3, -0.25) is 14.5 Å². The summed E-state index contributed by atoms with van der Waals surface area (Å²) in [5.41, 5.74) is 0. The zero-order valence-corrected chi connectivity index (χ0v) is 9.95. The van der Waals surface area contributed by atoms with E-state index in [1.54, 1.807) is 16.8 Å². The van der Waals surface area contributed by atoms with Crippen molar-refractivity contribution in [2.75, 3.05) is 40.3 Å². The van der Waals surface area contributed by atoms with E-state index in [2.05, 4.69) is 4.74 Å². The van der Waals surface area contributed by atoms with Gasteiger partial charge in [-0.2, -0.15) is 0 Å². The Balaban J connectivity index is 4.00. The van der Waals surface area contributed by atoms with Gasteiger partial charge in [-0.25, -0.2) is 0 Å². The van der Waals surface area contributed by atoms with Crippen LogP contribution in [0, 0.1) is 0 Å².